The molecule has 34 heavy (non-hydrogen) atoms. The second kappa shape index (κ2) is 10.4. The molecule has 5 N–H and O–H groups in total. The molecule has 0 aliphatic carbocycles. The zero-order valence-corrected chi connectivity index (χ0v) is 19.9. The lowest BCUT2D eigenvalue weighted by Gasteiger charge is -2.13. The number of benzene rings is 3. The Morgan fingerprint density at radius 3 is 2.09 bits per heavy atom. The monoisotopic (exact) mass is 498 g/mol. The molecule has 0 fully saturated rings. The molecule has 3 aromatic rings. The summed E-state index contributed by atoms with van der Waals surface area (Å²) in [6, 6.07) is 17.3. The van der Waals surface area contributed by atoms with Crippen molar-refractivity contribution in [2.45, 2.75) is 11.8 Å². The van der Waals surface area contributed by atoms with Crippen molar-refractivity contribution < 1.29 is 22.7 Å². The molecule has 2 amide bonds. The standard InChI is InChI=1S/C23H22N4O5S2/c1-14-3-5-15(6-4-14)21(28)25-17-9-12-19(20(13-17)32-2)22(29)27-23(33)26-16-7-10-18(11-8-16)34(24,30)31/h3-13H,1-2H3,(H,25,28)(H2,24,30,31)(H2,26,27,29,33). The maximum absolute atomic E-state index is 12.7. The highest BCUT2D eigenvalue weighted by Crippen LogP contribution is 2.24. The average molecular weight is 499 g/mol. The van der Waals surface area contributed by atoms with Crippen LogP contribution in [0, 0.1) is 6.92 Å². The number of nitrogens with two attached hydrogens (primary N) is 1. The van der Waals surface area contributed by atoms with E-state index in [-0.39, 0.29) is 27.2 Å². The lowest BCUT2D eigenvalue weighted by atomic mass is 10.1. The first-order valence-corrected chi connectivity index (χ1v) is 11.8. The molecule has 9 nitrogen and oxygen atoms in total. The first-order chi connectivity index (χ1) is 16.1. The molecule has 3 aromatic carbocycles. The Labute approximate surface area is 202 Å². The number of carbonyl (C=O) groups is 2. The highest BCUT2D eigenvalue weighted by molar-refractivity contribution is 7.89. The van der Waals surface area contributed by atoms with Gasteiger partial charge in [0.05, 0.1) is 17.6 Å². The molecule has 11 heteroatoms. The molecule has 176 valence electrons. The van der Waals surface area contributed by atoms with Gasteiger partial charge in [0, 0.05) is 23.0 Å². The zero-order chi connectivity index (χ0) is 24.9. The summed E-state index contributed by atoms with van der Waals surface area (Å²) < 4.78 is 28.0. The molecule has 0 saturated carbocycles. The minimum Gasteiger partial charge on any atom is -0.496 e. The SMILES string of the molecule is COc1cc(NC(=O)c2ccc(C)cc2)ccc1C(=O)NC(=S)Nc1ccc(S(N)(=O)=O)cc1. The summed E-state index contributed by atoms with van der Waals surface area (Å²) in [5.74, 6) is -0.593. The lowest BCUT2D eigenvalue weighted by molar-refractivity contribution is 0.0974. The molecular weight excluding hydrogens is 476 g/mol. The number of nitrogens with one attached hydrogen (secondary N) is 3. The van der Waals surface area contributed by atoms with Gasteiger partial charge in [-0.1, -0.05) is 17.7 Å². The highest BCUT2D eigenvalue weighted by Gasteiger charge is 2.16. The van der Waals surface area contributed by atoms with Crippen LogP contribution in [-0.4, -0.2) is 32.5 Å². The number of sulfonamides is 1. The fourth-order valence-corrected chi connectivity index (χ4v) is 3.65. The number of amides is 2. The Kier molecular flexibility index (Phi) is 7.61. The summed E-state index contributed by atoms with van der Waals surface area (Å²) in [4.78, 5) is 25.1. The first kappa shape index (κ1) is 24.8. The fraction of sp³-hybridized carbons (Fsp3) is 0.0870. The van der Waals surface area contributed by atoms with Crippen LogP contribution in [0.5, 0.6) is 5.75 Å². The molecule has 0 radical (unpaired) electrons. The Hall–Kier alpha value is -3.80. The highest BCUT2D eigenvalue weighted by atomic mass is 32.2. The summed E-state index contributed by atoms with van der Waals surface area (Å²) in [6.07, 6.45) is 0. The number of thiocarbonyl (C=S) groups is 1. The van der Waals surface area contributed by atoms with Crippen molar-refractivity contribution >= 4 is 50.5 Å². The van der Waals surface area contributed by atoms with Crippen molar-refractivity contribution in [1.82, 2.24) is 5.32 Å². The normalized spacial score (nSPS) is 10.8. The molecule has 0 aliphatic heterocycles. The number of primary sulfonamides is 1. The van der Waals surface area contributed by atoms with Crippen molar-refractivity contribution in [2.75, 3.05) is 17.7 Å². The van der Waals surface area contributed by atoms with Crippen LogP contribution < -0.4 is 25.8 Å². The largest absolute Gasteiger partial charge is 0.496 e. The van der Waals surface area contributed by atoms with Crippen LogP contribution in [0.15, 0.2) is 71.6 Å². The van der Waals surface area contributed by atoms with Gasteiger partial charge < -0.3 is 15.4 Å². The molecular formula is C23H22N4O5S2. The van der Waals surface area contributed by atoms with Gasteiger partial charge in [-0.05, 0) is 67.7 Å². The van der Waals surface area contributed by atoms with Crippen molar-refractivity contribution in [3.8, 4) is 5.75 Å². The molecule has 0 heterocycles. The van der Waals surface area contributed by atoms with Crippen molar-refractivity contribution in [3.63, 3.8) is 0 Å². The van der Waals surface area contributed by atoms with Crippen LogP contribution >= 0.6 is 12.2 Å². The summed E-state index contributed by atoms with van der Waals surface area (Å²) in [7, 11) is -2.41. The van der Waals surface area contributed by atoms with Crippen LogP contribution in [0.2, 0.25) is 0 Å². The Bertz CT molecular complexity index is 1340. The molecule has 0 bridgehead atoms. The van der Waals surface area contributed by atoms with Crippen molar-refractivity contribution in [1.29, 1.82) is 0 Å². The van der Waals surface area contributed by atoms with Crippen LogP contribution in [-0.2, 0) is 10.0 Å². The van der Waals surface area contributed by atoms with E-state index in [1.807, 2.05) is 19.1 Å². The Morgan fingerprint density at radius 1 is 0.882 bits per heavy atom. The maximum Gasteiger partial charge on any atom is 0.261 e. The first-order valence-electron chi connectivity index (χ1n) is 9.88. The van der Waals surface area contributed by atoms with Gasteiger partial charge in [0.1, 0.15) is 5.75 Å². The van der Waals surface area contributed by atoms with E-state index in [0.29, 0.717) is 16.9 Å². The van der Waals surface area contributed by atoms with E-state index in [2.05, 4.69) is 16.0 Å². The van der Waals surface area contributed by atoms with Crippen LogP contribution in [0.25, 0.3) is 0 Å². The van der Waals surface area contributed by atoms with E-state index in [4.69, 9.17) is 22.1 Å². The van der Waals surface area contributed by atoms with Gasteiger partial charge in [-0.3, -0.25) is 14.9 Å². The third kappa shape index (κ3) is 6.38. The predicted molar refractivity (Wildman–Crippen MR) is 134 cm³/mol. The number of carbonyl (C=O) groups excluding carboxylic acids is 2. The number of rotatable bonds is 6. The van der Waals surface area contributed by atoms with Gasteiger partial charge >= 0.3 is 0 Å². The van der Waals surface area contributed by atoms with Gasteiger partial charge in [0.2, 0.25) is 10.0 Å². The average Bonchev–Trinajstić information content (AvgIpc) is 2.79. The van der Waals surface area contributed by atoms with Crippen LogP contribution in [0.1, 0.15) is 26.3 Å². The van der Waals surface area contributed by atoms with E-state index in [0.717, 1.165) is 5.56 Å². The molecule has 3 rings (SSSR count). The van der Waals surface area contributed by atoms with Crippen LogP contribution in [0.3, 0.4) is 0 Å². The molecule has 0 spiro atoms. The second-order valence-electron chi connectivity index (χ2n) is 7.21. The van der Waals surface area contributed by atoms with Gasteiger partial charge in [0.15, 0.2) is 5.11 Å². The fourth-order valence-electron chi connectivity index (χ4n) is 2.93. The molecule has 0 unspecified atom stereocenters. The smallest absolute Gasteiger partial charge is 0.261 e. The van der Waals surface area contributed by atoms with Gasteiger partial charge in [-0.15, -0.1) is 0 Å². The molecule has 0 aliphatic rings. The third-order valence-corrected chi connectivity index (χ3v) is 5.82. The summed E-state index contributed by atoms with van der Waals surface area (Å²) in [5.41, 5.74) is 2.65. The third-order valence-electron chi connectivity index (χ3n) is 4.69. The van der Waals surface area contributed by atoms with E-state index in [9.17, 15) is 18.0 Å². The minimum atomic E-state index is -3.81. The number of methoxy groups -OCH3 is 1. The van der Waals surface area contributed by atoms with E-state index in [1.54, 1.807) is 18.2 Å². The van der Waals surface area contributed by atoms with Gasteiger partial charge in [-0.2, -0.15) is 0 Å². The van der Waals surface area contributed by atoms with E-state index < -0.39 is 15.9 Å². The Morgan fingerprint density at radius 2 is 1.50 bits per heavy atom. The van der Waals surface area contributed by atoms with Gasteiger partial charge in [0.25, 0.3) is 11.8 Å². The zero-order valence-electron chi connectivity index (χ0n) is 18.3. The predicted octanol–water partition coefficient (Wildman–Crippen LogP) is 3.03. The molecule has 0 saturated heterocycles. The van der Waals surface area contributed by atoms with E-state index >= 15 is 0 Å². The summed E-state index contributed by atoms with van der Waals surface area (Å²) in [6.45, 7) is 1.93. The maximum atomic E-state index is 12.7. The van der Waals surface area contributed by atoms with Crippen molar-refractivity contribution in [2.24, 2.45) is 5.14 Å². The van der Waals surface area contributed by atoms with Crippen molar-refractivity contribution in [3.05, 3.63) is 83.4 Å². The van der Waals surface area contributed by atoms with E-state index in [1.165, 1.54) is 43.5 Å². The number of hydrogen-bond acceptors (Lipinski definition) is 6. The minimum absolute atomic E-state index is 0.00726. The Balaban J connectivity index is 1.66. The topological polar surface area (TPSA) is 140 Å². The summed E-state index contributed by atoms with van der Waals surface area (Å²) in [5, 5.41) is 13.1. The van der Waals surface area contributed by atoms with Gasteiger partial charge in [-0.25, -0.2) is 13.6 Å². The lowest BCUT2D eigenvalue weighted by Crippen LogP contribution is -2.34. The number of hydrogen-bond donors (Lipinski definition) is 4. The number of aryl methyl sites for hydroxylation is 1. The number of ether oxygens (including phenoxy) is 1. The molecule has 0 aromatic heterocycles. The second-order valence-corrected chi connectivity index (χ2v) is 9.18. The molecule has 0 atom stereocenters. The summed E-state index contributed by atoms with van der Waals surface area (Å²) >= 11 is 5.16. The van der Waals surface area contributed by atoms with Crippen LogP contribution in [0.4, 0.5) is 11.4 Å². The number of anilines is 2. The quantitative estimate of drug-likeness (QED) is 0.383.